The number of nitrogens with zero attached hydrogens (tertiary/aromatic N) is 2. The van der Waals surface area contributed by atoms with E-state index in [-0.39, 0.29) is 0 Å². The first-order valence-electron chi connectivity index (χ1n) is 8.56. The van der Waals surface area contributed by atoms with Crippen molar-refractivity contribution in [1.82, 2.24) is 10.4 Å². The summed E-state index contributed by atoms with van der Waals surface area (Å²) < 4.78 is 67.1. The maximum atomic E-state index is 14.4. The number of anilines is 1. The van der Waals surface area contributed by atoms with E-state index >= 15 is 0 Å². The molecule has 0 aliphatic heterocycles. The van der Waals surface area contributed by atoms with Crippen molar-refractivity contribution in [3.8, 4) is 0 Å². The van der Waals surface area contributed by atoms with Crippen LogP contribution in [0.25, 0.3) is 0 Å². The summed E-state index contributed by atoms with van der Waals surface area (Å²) in [5, 5.41) is 6.77. The van der Waals surface area contributed by atoms with Crippen molar-refractivity contribution in [2.75, 3.05) is 5.32 Å². The Bertz CT molecular complexity index is 1270. The smallest absolute Gasteiger partial charge is 0.317 e. The summed E-state index contributed by atoms with van der Waals surface area (Å²) in [5.74, 6) is -4.72. The van der Waals surface area contributed by atoms with E-state index in [0.717, 1.165) is 4.47 Å². The van der Waals surface area contributed by atoms with Crippen LogP contribution in [0.5, 0.6) is 0 Å². The number of carbonyl (C=O) groups excluding carboxylic acids is 2. The second-order valence-electron chi connectivity index (χ2n) is 6.18. The third-order valence-corrected chi connectivity index (χ3v) is 5.78. The van der Waals surface area contributed by atoms with Gasteiger partial charge in [0.25, 0.3) is 11.8 Å². The summed E-state index contributed by atoms with van der Waals surface area (Å²) in [5.41, 5.74) is -1.17. The molecule has 2 N–H and O–H groups in total. The monoisotopic (exact) mass is 566 g/mol. The normalized spacial score (nSPS) is 11.6. The van der Waals surface area contributed by atoms with Crippen LogP contribution in [0.3, 0.4) is 0 Å². The Morgan fingerprint density at radius 1 is 1.15 bits per heavy atom. The van der Waals surface area contributed by atoms with Crippen molar-refractivity contribution in [2.24, 2.45) is 5.10 Å². The zero-order valence-electron chi connectivity index (χ0n) is 15.8. The molecule has 2 aromatic heterocycles. The standard InChI is InChI=1S/C19H9BrClF5N4O2S/c20-9-2-11(33-7-9)6-28-30-17(31)12-3-10(22)4-14(23)15(12)29-18(32)16-13(21)1-8(5-27-16)19(24,25)26/h1-7H,(H,29,32)(H,30,31). The summed E-state index contributed by atoms with van der Waals surface area (Å²) in [6, 6.07) is 3.22. The van der Waals surface area contributed by atoms with Gasteiger partial charge in [-0.25, -0.2) is 19.2 Å². The first kappa shape index (κ1) is 24.7. The van der Waals surface area contributed by atoms with Gasteiger partial charge in [-0.05, 0) is 34.1 Å². The fourth-order valence-corrected chi connectivity index (χ4v) is 3.98. The molecule has 0 atom stereocenters. The minimum atomic E-state index is -4.75. The lowest BCUT2D eigenvalue weighted by atomic mass is 10.1. The molecule has 0 unspecified atom stereocenters. The number of nitrogens with one attached hydrogen (secondary N) is 2. The molecule has 14 heteroatoms. The number of halogens is 7. The highest BCUT2D eigenvalue weighted by Gasteiger charge is 2.32. The summed E-state index contributed by atoms with van der Waals surface area (Å²) in [6.45, 7) is 0. The van der Waals surface area contributed by atoms with Crippen LogP contribution >= 0.6 is 38.9 Å². The van der Waals surface area contributed by atoms with Crippen molar-refractivity contribution in [1.29, 1.82) is 0 Å². The van der Waals surface area contributed by atoms with E-state index in [1.807, 2.05) is 5.32 Å². The number of thiophene rings is 1. The number of carbonyl (C=O) groups is 2. The molecule has 6 nitrogen and oxygen atoms in total. The minimum Gasteiger partial charge on any atom is -0.317 e. The van der Waals surface area contributed by atoms with Crippen molar-refractivity contribution in [3.63, 3.8) is 0 Å². The number of hydrogen-bond acceptors (Lipinski definition) is 5. The number of pyridine rings is 1. The molecule has 0 aliphatic carbocycles. The van der Waals surface area contributed by atoms with Crippen molar-refractivity contribution in [3.05, 3.63) is 78.7 Å². The highest BCUT2D eigenvalue weighted by Crippen LogP contribution is 2.31. The van der Waals surface area contributed by atoms with Gasteiger partial charge in [0.15, 0.2) is 0 Å². The molecular formula is C19H9BrClF5N4O2S. The number of benzene rings is 1. The van der Waals surface area contributed by atoms with Crippen LogP contribution in [0.1, 0.15) is 31.3 Å². The van der Waals surface area contributed by atoms with E-state index in [4.69, 9.17) is 11.6 Å². The maximum Gasteiger partial charge on any atom is 0.417 e. The lowest BCUT2D eigenvalue weighted by Crippen LogP contribution is -2.23. The molecule has 0 bridgehead atoms. The van der Waals surface area contributed by atoms with Gasteiger partial charge >= 0.3 is 6.18 Å². The second-order valence-corrected chi connectivity index (χ2v) is 8.45. The highest BCUT2D eigenvalue weighted by molar-refractivity contribution is 9.10. The molecule has 0 radical (unpaired) electrons. The number of aromatic nitrogens is 1. The van der Waals surface area contributed by atoms with E-state index in [0.29, 0.717) is 29.3 Å². The Kier molecular flexibility index (Phi) is 7.44. The predicted octanol–water partition coefficient (Wildman–Crippen LogP) is 5.87. The molecule has 1 aromatic carbocycles. The van der Waals surface area contributed by atoms with Gasteiger partial charge in [-0.1, -0.05) is 11.6 Å². The Morgan fingerprint density at radius 3 is 2.48 bits per heavy atom. The second kappa shape index (κ2) is 9.93. The molecule has 0 saturated heterocycles. The minimum absolute atomic E-state index is 0.368. The molecule has 33 heavy (non-hydrogen) atoms. The first-order valence-corrected chi connectivity index (χ1v) is 10.6. The van der Waals surface area contributed by atoms with Crippen molar-refractivity contribution >= 4 is 62.6 Å². The first-order chi connectivity index (χ1) is 15.5. The number of hydrazone groups is 1. The predicted molar refractivity (Wildman–Crippen MR) is 116 cm³/mol. The van der Waals surface area contributed by atoms with E-state index in [1.165, 1.54) is 17.6 Å². The quantitative estimate of drug-likeness (QED) is 0.230. The van der Waals surface area contributed by atoms with E-state index in [9.17, 15) is 31.5 Å². The van der Waals surface area contributed by atoms with Gasteiger partial charge in [-0.2, -0.15) is 18.3 Å². The van der Waals surface area contributed by atoms with Crippen LogP contribution in [0, 0.1) is 11.6 Å². The number of amides is 2. The molecule has 2 heterocycles. The zero-order chi connectivity index (χ0) is 24.3. The van der Waals surface area contributed by atoms with Crippen LogP contribution in [-0.2, 0) is 6.18 Å². The maximum absolute atomic E-state index is 14.4. The number of hydrogen-bond donors (Lipinski definition) is 2. The van der Waals surface area contributed by atoms with Crippen LogP contribution in [0.4, 0.5) is 27.6 Å². The highest BCUT2D eigenvalue weighted by atomic mass is 79.9. The molecule has 2 amide bonds. The summed E-state index contributed by atoms with van der Waals surface area (Å²) in [6.07, 6.45) is -3.10. The SMILES string of the molecule is O=C(NN=Cc1cc(Br)cs1)c1cc(F)cc(F)c1NC(=O)c1ncc(C(F)(F)F)cc1Cl. The van der Waals surface area contributed by atoms with Crippen LogP contribution in [0.2, 0.25) is 5.02 Å². The topological polar surface area (TPSA) is 83.5 Å². The van der Waals surface area contributed by atoms with Gasteiger partial charge in [0, 0.05) is 27.0 Å². The summed E-state index contributed by atoms with van der Waals surface area (Å²) in [7, 11) is 0. The molecule has 0 spiro atoms. The number of rotatable bonds is 5. The molecule has 0 aliphatic rings. The van der Waals surface area contributed by atoms with Crippen molar-refractivity contribution in [2.45, 2.75) is 6.18 Å². The number of alkyl halides is 3. The van der Waals surface area contributed by atoms with Crippen molar-refractivity contribution < 1.29 is 31.5 Å². The summed E-state index contributed by atoms with van der Waals surface area (Å²) in [4.78, 5) is 28.9. The van der Waals surface area contributed by atoms with Gasteiger partial charge < -0.3 is 5.32 Å². The lowest BCUT2D eigenvalue weighted by Gasteiger charge is -2.13. The van der Waals surface area contributed by atoms with E-state index < -0.39 is 57.2 Å². The third-order valence-electron chi connectivity index (χ3n) is 3.87. The molecule has 3 aromatic rings. The van der Waals surface area contributed by atoms with Gasteiger partial charge in [-0.3, -0.25) is 9.59 Å². The third kappa shape index (κ3) is 6.12. The Labute approximate surface area is 199 Å². The van der Waals surface area contributed by atoms with Gasteiger partial charge in [0.1, 0.15) is 17.3 Å². The zero-order valence-corrected chi connectivity index (χ0v) is 19.0. The lowest BCUT2D eigenvalue weighted by molar-refractivity contribution is -0.137. The van der Waals surface area contributed by atoms with Gasteiger partial charge in [0.2, 0.25) is 0 Å². The van der Waals surface area contributed by atoms with Crippen LogP contribution in [0.15, 0.2) is 45.4 Å². The van der Waals surface area contributed by atoms with Gasteiger partial charge in [0.05, 0.1) is 28.1 Å². The molecule has 0 saturated carbocycles. The van der Waals surface area contributed by atoms with Crippen LogP contribution < -0.4 is 10.7 Å². The Balaban J connectivity index is 1.85. The summed E-state index contributed by atoms with van der Waals surface area (Å²) >= 11 is 10.3. The molecular weight excluding hydrogens is 559 g/mol. The fourth-order valence-electron chi connectivity index (χ4n) is 2.42. The molecule has 3 rings (SSSR count). The average Bonchev–Trinajstić information content (AvgIpc) is 3.13. The van der Waals surface area contributed by atoms with Crippen LogP contribution in [-0.4, -0.2) is 23.0 Å². The Morgan fingerprint density at radius 2 is 1.88 bits per heavy atom. The van der Waals surface area contributed by atoms with E-state index in [2.05, 4.69) is 31.4 Å². The fraction of sp³-hybridized carbons (Fsp3) is 0.0526. The molecule has 172 valence electrons. The largest absolute Gasteiger partial charge is 0.417 e. The molecule has 0 fully saturated rings. The average molecular weight is 568 g/mol. The van der Waals surface area contributed by atoms with E-state index in [1.54, 1.807) is 11.4 Å². The van der Waals surface area contributed by atoms with Gasteiger partial charge in [-0.15, -0.1) is 11.3 Å². The Hall–Kier alpha value is -2.90.